The van der Waals surface area contributed by atoms with Crippen LogP contribution in [0.15, 0.2) is 18.2 Å². The lowest BCUT2D eigenvalue weighted by atomic mass is 10.1. The highest BCUT2D eigenvalue weighted by molar-refractivity contribution is 6.01. The van der Waals surface area contributed by atoms with Gasteiger partial charge in [-0.25, -0.2) is 4.79 Å². The molecule has 0 fully saturated rings. The number of amides is 1. The fraction of sp³-hybridized carbons (Fsp3) is 0.500. The lowest BCUT2D eigenvalue weighted by Gasteiger charge is -2.25. The van der Waals surface area contributed by atoms with Gasteiger partial charge in [-0.15, -0.1) is 0 Å². The Morgan fingerprint density at radius 3 is 2.60 bits per heavy atom. The van der Waals surface area contributed by atoms with Gasteiger partial charge in [0, 0.05) is 31.3 Å². The van der Waals surface area contributed by atoms with Crippen molar-refractivity contribution in [1.29, 1.82) is 0 Å². The minimum absolute atomic E-state index is 0.0548. The molecule has 136 valence electrons. The molecule has 1 heterocycles. The molecule has 1 aromatic rings. The summed E-state index contributed by atoms with van der Waals surface area (Å²) in [6.45, 7) is 4.24. The minimum atomic E-state index is -0.803. The summed E-state index contributed by atoms with van der Waals surface area (Å²) in [6.07, 6.45) is 0.232. The number of nitrogens with zero attached hydrogens (tertiary/aromatic N) is 1. The first kappa shape index (κ1) is 18.8. The Balaban J connectivity index is 2.18. The van der Waals surface area contributed by atoms with E-state index in [0.717, 1.165) is 11.3 Å². The first-order valence-electron chi connectivity index (χ1n) is 8.45. The van der Waals surface area contributed by atoms with Crippen molar-refractivity contribution in [2.75, 3.05) is 25.6 Å². The van der Waals surface area contributed by atoms with Gasteiger partial charge in [0.05, 0.1) is 13.2 Å². The van der Waals surface area contributed by atoms with Crippen LogP contribution in [0.3, 0.4) is 0 Å². The highest BCUT2D eigenvalue weighted by Crippen LogP contribution is 2.29. The van der Waals surface area contributed by atoms with Crippen molar-refractivity contribution in [2.45, 2.75) is 39.3 Å². The molecule has 1 aliphatic rings. The van der Waals surface area contributed by atoms with Gasteiger partial charge in [0.1, 0.15) is 6.04 Å². The number of esters is 2. The van der Waals surface area contributed by atoms with Crippen LogP contribution in [0.5, 0.6) is 0 Å². The molecule has 7 nitrogen and oxygen atoms in total. The predicted molar refractivity (Wildman–Crippen MR) is 92.2 cm³/mol. The van der Waals surface area contributed by atoms with Crippen molar-refractivity contribution in [3.05, 3.63) is 29.3 Å². The molecular formula is C18H24N2O5. The maximum Gasteiger partial charge on any atom is 0.328 e. The zero-order valence-corrected chi connectivity index (χ0v) is 14.8. The molecule has 7 heteroatoms. The Morgan fingerprint density at radius 2 is 1.96 bits per heavy atom. The van der Waals surface area contributed by atoms with Gasteiger partial charge in [0.25, 0.3) is 5.91 Å². The average molecular weight is 348 g/mol. The summed E-state index contributed by atoms with van der Waals surface area (Å²) in [5.74, 6) is -1.11. The molecule has 0 aliphatic carbocycles. The summed E-state index contributed by atoms with van der Waals surface area (Å²) in [6, 6.07) is 4.65. The summed E-state index contributed by atoms with van der Waals surface area (Å²) in [4.78, 5) is 38.2. The van der Waals surface area contributed by atoms with Crippen molar-refractivity contribution >= 4 is 23.5 Å². The largest absolute Gasteiger partial charge is 0.466 e. The van der Waals surface area contributed by atoms with Crippen LogP contribution in [0.2, 0.25) is 0 Å². The zero-order chi connectivity index (χ0) is 18.4. The molecule has 1 aromatic carbocycles. The van der Waals surface area contributed by atoms with E-state index >= 15 is 0 Å². The Bertz CT molecular complexity index is 659. The lowest BCUT2D eigenvalue weighted by molar-refractivity contribution is -0.150. The van der Waals surface area contributed by atoms with Crippen LogP contribution in [0, 0.1) is 0 Å². The molecular weight excluding hydrogens is 324 g/mol. The van der Waals surface area contributed by atoms with E-state index in [1.807, 2.05) is 12.1 Å². The number of anilines is 1. The number of hydrogen-bond acceptors (Lipinski definition) is 6. The summed E-state index contributed by atoms with van der Waals surface area (Å²) >= 11 is 0. The van der Waals surface area contributed by atoms with E-state index < -0.39 is 18.0 Å². The van der Waals surface area contributed by atoms with E-state index in [4.69, 9.17) is 9.47 Å². The van der Waals surface area contributed by atoms with Gasteiger partial charge in [0.2, 0.25) is 0 Å². The number of benzene rings is 1. The SMILES string of the molecule is CCOC(=O)CCC(C(=O)OCC)N1Cc2cc(NC)ccc2C1=O. The Hall–Kier alpha value is -2.57. The Kier molecular flexibility index (Phi) is 6.38. The molecule has 0 bridgehead atoms. The van der Waals surface area contributed by atoms with Gasteiger partial charge in [-0.2, -0.15) is 0 Å². The number of ether oxygens (including phenoxy) is 2. The van der Waals surface area contributed by atoms with Gasteiger partial charge in [0.15, 0.2) is 0 Å². The summed E-state index contributed by atoms with van der Waals surface area (Å²) in [7, 11) is 1.80. The summed E-state index contributed by atoms with van der Waals surface area (Å²) < 4.78 is 10.0. The standard InChI is InChI=1S/C18H24N2O5/c1-4-24-16(21)9-8-15(18(23)25-5-2)20-11-12-10-13(19-3)6-7-14(12)17(20)22/h6-7,10,15,19H,4-5,8-9,11H2,1-3H3. The van der Waals surface area contributed by atoms with Crippen LogP contribution in [0.1, 0.15) is 42.6 Å². The highest BCUT2D eigenvalue weighted by Gasteiger charge is 2.37. The molecule has 1 unspecified atom stereocenters. The smallest absolute Gasteiger partial charge is 0.328 e. The van der Waals surface area contributed by atoms with Crippen LogP contribution in [-0.4, -0.2) is 49.0 Å². The highest BCUT2D eigenvalue weighted by atomic mass is 16.5. The molecule has 0 aromatic heterocycles. The number of hydrogen-bond donors (Lipinski definition) is 1. The molecule has 1 amide bonds. The molecule has 0 saturated heterocycles. The summed E-state index contributed by atoms with van der Waals surface area (Å²) in [5, 5.41) is 3.03. The van der Waals surface area contributed by atoms with Crippen molar-refractivity contribution in [2.24, 2.45) is 0 Å². The van der Waals surface area contributed by atoms with Crippen LogP contribution < -0.4 is 5.32 Å². The van der Waals surface area contributed by atoms with Crippen molar-refractivity contribution in [3.63, 3.8) is 0 Å². The fourth-order valence-electron chi connectivity index (χ4n) is 2.88. The van der Waals surface area contributed by atoms with Gasteiger partial charge in [-0.1, -0.05) is 0 Å². The van der Waals surface area contributed by atoms with E-state index in [0.29, 0.717) is 12.1 Å². The van der Waals surface area contributed by atoms with E-state index in [1.54, 1.807) is 27.0 Å². The van der Waals surface area contributed by atoms with Gasteiger partial charge in [-0.05, 0) is 44.0 Å². The average Bonchev–Trinajstić information content (AvgIpc) is 2.91. The van der Waals surface area contributed by atoms with Crippen molar-refractivity contribution in [1.82, 2.24) is 4.90 Å². The third-order valence-corrected chi connectivity index (χ3v) is 4.09. The van der Waals surface area contributed by atoms with E-state index in [-0.39, 0.29) is 32.0 Å². The molecule has 0 spiro atoms. The predicted octanol–water partition coefficient (Wildman–Crippen LogP) is 1.96. The quantitative estimate of drug-likeness (QED) is 0.723. The summed E-state index contributed by atoms with van der Waals surface area (Å²) in [5.41, 5.74) is 2.32. The Morgan fingerprint density at radius 1 is 1.24 bits per heavy atom. The minimum Gasteiger partial charge on any atom is -0.466 e. The third kappa shape index (κ3) is 4.29. The van der Waals surface area contributed by atoms with E-state index in [9.17, 15) is 14.4 Å². The van der Waals surface area contributed by atoms with Crippen LogP contribution in [0.4, 0.5) is 5.69 Å². The zero-order valence-electron chi connectivity index (χ0n) is 14.8. The van der Waals surface area contributed by atoms with Crippen molar-refractivity contribution < 1.29 is 23.9 Å². The first-order chi connectivity index (χ1) is 12.0. The Labute approximate surface area is 147 Å². The number of rotatable bonds is 8. The number of fused-ring (bicyclic) bond motifs is 1. The molecule has 2 rings (SSSR count). The van der Waals surface area contributed by atoms with Gasteiger partial charge < -0.3 is 19.7 Å². The van der Waals surface area contributed by atoms with Crippen LogP contribution in [0.25, 0.3) is 0 Å². The molecule has 0 radical (unpaired) electrons. The van der Waals surface area contributed by atoms with Crippen LogP contribution >= 0.6 is 0 Å². The fourth-order valence-corrected chi connectivity index (χ4v) is 2.88. The van der Waals surface area contributed by atoms with E-state index in [2.05, 4.69) is 5.32 Å². The maximum atomic E-state index is 12.7. The maximum absolute atomic E-state index is 12.7. The lowest BCUT2D eigenvalue weighted by Crippen LogP contribution is -2.42. The second kappa shape index (κ2) is 8.50. The molecule has 25 heavy (non-hydrogen) atoms. The second-order valence-corrected chi connectivity index (χ2v) is 5.67. The van der Waals surface area contributed by atoms with Gasteiger partial charge in [-0.3, -0.25) is 9.59 Å². The number of carbonyl (C=O) groups excluding carboxylic acids is 3. The first-order valence-corrected chi connectivity index (χ1v) is 8.45. The molecule has 1 atom stereocenters. The molecule has 0 saturated carbocycles. The number of carbonyl (C=O) groups is 3. The van der Waals surface area contributed by atoms with Crippen LogP contribution in [-0.2, 0) is 25.6 Å². The van der Waals surface area contributed by atoms with Crippen molar-refractivity contribution in [3.8, 4) is 0 Å². The topological polar surface area (TPSA) is 84.9 Å². The molecule has 1 N–H and O–H groups in total. The number of nitrogens with one attached hydrogen (secondary N) is 1. The third-order valence-electron chi connectivity index (χ3n) is 4.09. The molecule has 1 aliphatic heterocycles. The van der Waals surface area contributed by atoms with Gasteiger partial charge >= 0.3 is 11.9 Å². The monoisotopic (exact) mass is 348 g/mol. The second-order valence-electron chi connectivity index (χ2n) is 5.67. The van der Waals surface area contributed by atoms with E-state index in [1.165, 1.54) is 4.90 Å². The normalized spacial score (nSPS) is 14.0.